The number of H-pyrrole nitrogens is 1. The predicted octanol–water partition coefficient (Wildman–Crippen LogP) is 1.65. The average molecular weight is 583 g/mol. The second-order valence-corrected chi connectivity index (χ2v) is 9.86. The van der Waals surface area contributed by atoms with Crippen molar-refractivity contribution in [3.8, 4) is 17.2 Å². The highest BCUT2D eigenvalue weighted by atomic mass is 16.7. The van der Waals surface area contributed by atoms with E-state index in [9.17, 15) is 25.2 Å². The van der Waals surface area contributed by atoms with E-state index in [1.165, 1.54) is 0 Å². The molecule has 42 heavy (non-hydrogen) atoms. The van der Waals surface area contributed by atoms with E-state index in [4.69, 9.17) is 23.7 Å². The number of ether oxygens (including phenoxy) is 5. The van der Waals surface area contributed by atoms with Gasteiger partial charge >= 0.3 is 5.97 Å². The lowest BCUT2D eigenvalue weighted by atomic mass is 9.99. The van der Waals surface area contributed by atoms with Gasteiger partial charge in [-0.1, -0.05) is 36.4 Å². The fourth-order valence-corrected chi connectivity index (χ4v) is 4.91. The van der Waals surface area contributed by atoms with Crippen LogP contribution in [0.2, 0.25) is 0 Å². The van der Waals surface area contributed by atoms with Crippen molar-refractivity contribution in [2.45, 2.75) is 36.8 Å². The van der Waals surface area contributed by atoms with Crippen LogP contribution in [0.3, 0.4) is 0 Å². The van der Waals surface area contributed by atoms with Gasteiger partial charge in [0.25, 0.3) is 0 Å². The molecule has 0 spiro atoms. The summed E-state index contributed by atoms with van der Waals surface area (Å²) in [5.41, 5.74) is 1.85. The number of carboxylic acid groups (broad SMARTS) is 1. The number of benzene rings is 3. The Morgan fingerprint density at radius 1 is 0.905 bits per heavy atom. The highest BCUT2D eigenvalue weighted by Crippen LogP contribution is 2.33. The number of carbonyl (C=O) groups is 1. The van der Waals surface area contributed by atoms with Gasteiger partial charge in [0.1, 0.15) is 43.4 Å². The van der Waals surface area contributed by atoms with Gasteiger partial charge in [-0.15, -0.1) is 0 Å². The molecule has 12 nitrogen and oxygen atoms in total. The SMILES string of the molecule is COc1ccccc1OCCNCC(COc1cccc2[nH]c3ccccc3c12)OC1O[C@H](C(=O)O)[C@@H](O)[C@H](O)[C@H]1O. The normalized spacial score (nSPS) is 23.1. The van der Waals surface area contributed by atoms with Gasteiger partial charge in [0.05, 0.1) is 12.6 Å². The summed E-state index contributed by atoms with van der Waals surface area (Å²) in [6.45, 7) is 0.893. The summed E-state index contributed by atoms with van der Waals surface area (Å²) in [6.07, 6.45) is -9.38. The van der Waals surface area contributed by atoms with Gasteiger partial charge < -0.3 is 54.4 Å². The van der Waals surface area contributed by atoms with E-state index >= 15 is 0 Å². The molecule has 5 rings (SSSR count). The summed E-state index contributed by atoms with van der Waals surface area (Å²) in [5.74, 6) is 0.306. The first kappa shape index (κ1) is 29.6. The number of para-hydroxylation sites is 3. The summed E-state index contributed by atoms with van der Waals surface area (Å²) in [6, 6.07) is 20.8. The van der Waals surface area contributed by atoms with Crippen LogP contribution >= 0.6 is 0 Å². The smallest absolute Gasteiger partial charge is 0.335 e. The molecule has 6 N–H and O–H groups in total. The third kappa shape index (κ3) is 6.44. The van der Waals surface area contributed by atoms with E-state index in [-0.39, 0.29) is 13.2 Å². The number of rotatable bonds is 13. The number of methoxy groups -OCH3 is 1. The zero-order chi connectivity index (χ0) is 29.6. The Kier molecular flexibility index (Phi) is 9.42. The van der Waals surface area contributed by atoms with Crippen LogP contribution in [0.15, 0.2) is 66.7 Å². The van der Waals surface area contributed by atoms with Crippen molar-refractivity contribution in [2.24, 2.45) is 0 Å². The molecule has 0 aliphatic carbocycles. The van der Waals surface area contributed by atoms with E-state index in [0.29, 0.717) is 30.4 Å². The molecule has 0 amide bonds. The molecule has 0 saturated carbocycles. The number of nitrogens with one attached hydrogen (secondary N) is 2. The molecule has 3 aromatic carbocycles. The first-order chi connectivity index (χ1) is 20.4. The Hall–Kier alpha value is -3.91. The van der Waals surface area contributed by atoms with Gasteiger partial charge in [0.15, 0.2) is 23.9 Å². The van der Waals surface area contributed by atoms with Crippen LogP contribution in [0.1, 0.15) is 0 Å². The van der Waals surface area contributed by atoms with Gasteiger partial charge in [0.2, 0.25) is 0 Å². The highest BCUT2D eigenvalue weighted by molar-refractivity contribution is 6.10. The van der Waals surface area contributed by atoms with Gasteiger partial charge in [-0.05, 0) is 30.3 Å². The first-order valence-electron chi connectivity index (χ1n) is 13.5. The number of aliphatic hydroxyl groups is 3. The Labute approximate surface area is 241 Å². The first-order valence-corrected chi connectivity index (χ1v) is 13.5. The number of fused-ring (bicyclic) bond motifs is 3. The summed E-state index contributed by atoms with van der Waals surface area (Å²) >= 11 is 0. The second-order valence-electron chi connectivity index (χ2n) is 9.86. The third-order valence-corrected chi connectivity index (χ3v) is 7.03. The molecule has 1 aliphatic heterocycles. The second kappa shape index (κ2) is 13.4. The van der Waals surface area contributed by atoms with E-state index in [1.807, 2.05) is 54.6 Å². The average Bonchev–Trinajstić information content (AvgIpc) is 3.39. The number of aromatic amines is 1. The van der Waals surface area contributed by atoms with Crippen LogP contribution in [0, 0.1) is 0 Å². The Bertz CT molecular complexity index is 1490. The van der Waals surface area contributed by atoms with E-state index in [2.05, 4.69) is 10.3 Å². The fourth-order valence-electron chi connectivity index (χ4n) is 4.91. The van der Waals surface area contributed by atoms with Gasteiger partial charge in [-0.3, -0.25) is 0 Å². The lowest BCUT2D eigenvalue weighted by Gasteiger charge is -2.39. The topological polar surface area (TPSA) is 172 Å². The maximum absolute atomic E-state index is 11.6. The number of hydrogen-bond donors (Lipinski definition) is 6. The van der Waals surface area contributed by atoms with Crippen molar-refractivity contribution in [1.29, 1.82) is 0 Å². The number of aliphatic carboxylic acids is 1. The van der Waals surface area contributed by atoms with E-state index in [0.717, 1.165) is 21.8 Å². The van der Waals surface area contributed by atoms with Crippen molar-refractivity contribution in [3.63, 3.8) is 0 Å². The maximum atomic E-state index is 11.6. The molecule has 0 bridgehead atoms. The largest absolute Gasteiger partial charge is 0.493 e. The molecule has 2 unspecified atom stereocenters. The van der Waals surface area contributed by atoms with Crippen molar-refractivity contribution in [2.75, 3.05) is 33.4 Å². The van der Waals surface area contributed by atoms with Crippen LogP contribution in [0.4, 0.5) is 0 Å². The Balaban J connectivity index is 1.28. The fraction of sp³-hybridized carbons (Fsp3) is 0.367. The lowest BCUT2D eigenvalue weighted by molar-refractivity contribution is -0.305. The molecular formula is C30H34N2O10. The zero-order valence-corrected chi connectivity index (χ0v) is 22.9. The quantitative estimate of drug-likeness (QED) is 0.127. The molecule has 1 aliphatic rings. The molecule has 224 valence electrons. The zero-order valence-electron chi connectivity index (χ0n) is 22.9. The predicted molar refractivity (Wildman–Crippen MR) is 152 cm³/mol. The van der Waals surface area contributed by atoms with E-state index in [1.54, 1.807) is 19.2 Å². The monoisotopic (exact) mass is 582 g/mol. The lowest BCUT2D eigenvalue weighted by Crippen LogP contribution is -2.61. The number of hydrogen-bond acceptors (Lipinski definition) is 10. The standard InChI is InChI=1S/C30H34N2O10/c1-38-21-10-4-5-11-22(21)39-14-13-31-15-17(41-30-27(35)25(33)26(34)28(42-30)29(36)37)16-40-23-12-6-9-20-24(23)18-7-2-3-8-19(18)32-20/h2-12,17,25-28,30-35H,13-16H2,1H3,(H,36,37)/t17?,25-,26-,27+,28-,30?/m0/s1. The summed E-state index contributed by atoms with van der Waals surface area (Å²) in [5, 5.41) is 45.3. The van der Waals surface area contributed by atoms with Crippen molar-refractivity contribution in [1.82, 2.24) is 10.3 Å². The maximum Gasteiger partial charge on any atom is 0.335 e. The highest BCUT2D eigenvalue weighted by Gasteiger charge is 2.48. The Morgan fingerprint density at radius 3 is 2.40 bits per heavy atom. The summed E-state index contributed by atoms with van der Waals surface area (Å²) < 4.78 is 28.6. The minimum atomic E-state index is -1.82. The molecule has 0 radical (unpaired) electrons. The number of aromatic nitrogens is 1. The summed E-state index contributed by atoms with van der Waals surface area (Å²) in [7, 11) is 1.56. The number of aliphatic hydroxyl groups excluding tert-OH is 3. The third-order valence-electron chi connectivity index (χ3n) is 7.03. The minimum Gasteiger partial charge on any atom is -0.493 e. The van der Waals surface area contributed by atoms with Crippen molar-refractivity contribution in [3.05, 3.63) is 66.7 Å². The molecular weight excluding hydrogens is 548 g/mol. The minimum absolute atomic E-state index is 0.0120. The van der Waals surface area contributed by atoms with Gasteiger partial charge in [-0.2, -0.15) is 0 Å². The van der Waals surface area contributed by atoms with Gasteiger partial charge in [0, 0.05) is 29.4 Å². The molecule has 4 aromatic rings. The molecule has 1 aromatic heterocycles. The van der Waals surface area contributed by atoms with Crippen LogP contribution in [-0.2, 0) is 14.3 Å². The molecule has 12 heteroatoms. The van der Waals surface area contributed by atoms with Crippen LogP contribution in [-0.4, -0.2) is 102 Å². The van der Waals surface area contributed by atoms with Crippen LogP contribution in [0.25, 0.3) is 21.8 Å². The molecule has 1 saturated heterocycles. The van der Waals surface area contributed by atoms with Crippen molar-refractivity contribution < 1.29 is 48.9 Å². The Morgan fingerprint density at radius 2 is 1.62 bits per heavy atom. The molecule has 6 atom stereocenters. The van der Waals surface area contributed by atoms with Crippen molar-refractivity contribution >= 4 is 27.8 Å². The van der Waals surface area contributed by atoms with E-state index < -0.39 is 42.8 Å². The molecule has 1 fully saturated rings. The van der Waals surface area contributed by atoms with Crippen LogP contribution in [0.5, 0.6) is 17.2 Å². The van der Waals surface area contributed by atoms with Crippen LogP contribution < -0.4 is 19.5 Å². The number of carboxylic acids is 1. The molecule has 2 heterocycles. The summed E-state index contributed by atoms with van der Waals surface area (Å²) in [4.78, 5) is 14.9. The van der Waals surface area contributed by atoms with Gasteiger partial charge in [-0.25, -0.2) is 4.79 Å².